The molecule has 3 aliphatic rings. The molecule has 10 heteroatoms. The van der Waals surface area contributed by atoms with Crippen molar-refractivity contribution in [3.05, 3.63) is 47.2 Å². The van der Waals surface area contributed by atoms with Crippen LogP contribution in [0.15, 0.2) is 30.3 Å². The summed E-state index contributed by atoms with van der Waals surface area (Å²) in [5, 5.41) is 7.18. The largest absolute Gasteiger partial charge is 0.467 e. The maximum Gasteiger partial charge on any atom is 0.318 e. The van der Waals surface area contributed by atoms with E-state index in [0.717, 1.165) is 50.7 Å². The Labute approximate surface area is 237 Å². The number of methoxy groups -OCH3 is 2. The molecule has 5 rings (SSSR count). The van der Waals surface area contributed by atoms with Gasteiger partial charge in [0.05, 0.1) is 32.0 Å². The molecule has 10 nitrogen and oxygen atoms in total. The summed E-state index contributed by atoms with van der Waals surface area (Å²) in [6.45, 7) is 5.21. The number of carbonyl (C=O) groups is 1. The zero-order valence-corrected chi connectivity index (χ0v) is 23.9. The zero-order chi connectivity index (χ0) is 27.9. The standard InChI is InChI=1S/C30H43N5O5/c1-20-27(29(36)35-15-12-22(13-16-35)32-24-14-17-39-19-26(24)37-2)33-30(38-3)34-28(20)31-18-23-10-7-11-25(40-23)21-8-5-4-6-9-21/h4-6,8-9,22-26,32H,7,10-19H2,1-3H3,(H,31,33,34). The number of likely N-dealkylation sites (tertiary alicyclic amines) is 1. The second-order valence-electron chi connectivity index (χ2n) is 11.0. The molecule has 4 unspecified atom stereocenters. The van der Waals surface area contributed by atoms with Gasteiger partial charge in [0.2, 0.25) is 0 Å². The first-order valence-corrected chi connectivity index (χ1v) is 14.6. The van der Waals surface area contributed by atoms with Crippen LogP contribution in [0.25, 0.3) is 0 Å². The Morgan fingerprint density at radius 1 is 1.07 bits per heavy atom. The number of hydrogen-bond acceptors (Lipinski definition) is 9. The minimum Gasteiger partial charge on any atom is -0.467 e. The molecule has 0 bridgehead atoms. The summed E-state index contributed by atoms with van der Waals surface area (Å²) in [4.78, 5) is 24.5. The lowest BCUT2D eigenvalue weighted by molar-refractivity contribution is -0.0533. The first-order valence-electron chi connectivity index (χ1n) is 14.6. The Bertz CT molecular complexity index is 1110. The average Bonchev–Trinajstić information content (AvgIpc) is 3.01. The van der Waals surface area contributed by atoms with Crippen molar-refractivity contribution in [2.45, 2.75) is 75.8 Å². The fourth-order valence-electron chi connectivity index (χ4n) is 5.98. The van der Waals surface area contributed by atoms with Crippen LogP contribution in [0.2, 0.25) is 0 Å². The maximum atomic E-state index is 13.6. The third-order valence-electron chi connectivity index (χ3n) is 8.37. The predicted molar refractivity (Wildman–Crippen MR) is 152 cm³/mol. The molecule has 218 valence electrons. The van der Waals surface area contributed by atoms with Crippen LogP contribution in [0.1, 0.15) is 66.2 Å². The van der Waals surface area contributed by atoms with Crippen molar-refractivity contribution in [1.82, 2.24) is 20.2 Å². The normalized spacial score (nSPS) is 25.9. The highest BCUT2D eigenvalue weighted by Crippen LogP contribution is 2.31. The van der Waals surface area contributed by atoms with E-state index in [2.05, 4.69) is 44.9 Å². The van der Waals surface area contributed by atoms with Crippen molar-refractivity contribution in [3.8, 4) is 6.01 Å². The van der Waals surface area contributed by atoms with Gasteiger partial charge in [0.15, 0.2) is 0 Å². The van der Waals surface area contributed by atoms with Crippen molar-refractivity contribution < 1.29 is 23.7 Å². The third-order valence-corrected chi connectivity index (χ3v) is 8.37. The number of hydrogen-bond donors (Lipinski definition) is 2. The van der Waals surface area contributed by atoms with Gasteiger partial charge in [-0.15, -0.1) is 0 Å². The van der Waals surface area contributed by atoms with E-state index in [0.29, 0.717) is 43.8 Å². The first-order chi connectivity index (χ1) is 19.6. The third kappa shape index (κ3) is 6.91. The van der Waals surface area contributed by atoms with Crippen molar-refractivity contribution in [2.24, 2.45) is 0 Å². The molecule has 1 aromatic heterocycles. The highest BCUT2D eigenvalue weighted by Gasteiger charge is 2.32. The Hall–Kier alpha value is -2.79. The lowest BCUT2D eigenvalue weighted by Gasteiger charge is -2.38. The van der Waals surface area contributed by atoms with E-state index in [1.54, 1.807) is 7.11 Å². The summed E-state index contributed by atoms with van der Waals surface area (Å²) < 4.78 is 22.9. The fraction of sp³-hybridized carbons (Fsp3) is 0.633. The Morgan fingerprint density at radius 2 is 1.88 bits per heavy atom. The second kappa shape index (κ2) is 13.7. The smallest absolute Gasteiger partial charge is 0.318 e. The van der Waals surface area contributed by atoms with E-state index in [4.69, 9.17) is 18.9 Å². The van der Waals surface area contributed by atoms with Gasteiger partial charge in [0, 0.05) is 51.0 Å². The van der Waals surface area contributed by atoms with Gasteiger partial charge in [-0.2, -0.15) is 9.97 Å². The number of amides is 1. The number of anilines is 1. The van der Waals surface area contributed by atoms with E-state index < -0.39 is 0 Å². The number of benzene rings is 1. The summed E-state index contributed by atoms with van der Waals surface area (Å²) >= 11 is 0. The number of ether oxygens (including phenoxy) is 4. The van der Waals surface area contributed by atoms with Gasteiger partial charge in [-0.1, -0.05) is 30.3 Å². The van der Waals surface area contributed by atoms with Crippen LogP contribution in [-0.4, -0.2) is 92.1 Å². The SMILES string of the molecule is COc1nc(NCC2CCCC(c3ccccc3)O2)c(C)c(C(=O)N2CCC(NC3CCOCC3OC)CC2)n1. The van der Waals surface area contributed by atoms with E-state index >= 15 is 0 Å². The monoisotopic (exact) mass is 553 g/mol. The van der Waals surface area contributed by atoms with Crippen molar-refractivity contribution >= 4 is 11.7 Å². The number of piperidine rings is 1. The Kier molecular flexibility index (Phi) is 9.85. The highest BCUT2D eigenvalue weighted by molar-refractivity contribution is 5.95. The van der Waals surface area contributed by atoms with Gasteiger partial charge < -0.3 is 34.5 Å². The molecule has 3 aliphatic heterocycles. The van der Waals surface area contributed by atoms with Crippen molar-refractivity contribution in [1.29, 1.82) is 0 Å². The van der Waals surface area contributed by atoms with Crippen LogP contribution in [0, 0.1) is 6.92 Å². The molecule has 2 N–H and O–H groups in total. The number of nitrogens with zero attached hydrogens (tertiary/aromatic N) is 3. The molecule has 0 radical (unpaired) electrons. The summed E-state index contributed by atoms with van der Waals surface area (Å²) in [6, 6.07) is 11.2. The lowest BCUT2D eigenvalue weighted by Crippen LogP contribution is -2.54. The van der Waals surface area contributed by atoms with Crippen molar-refractivity contribution in [2.75, 3.05) is 52.4 Å². The first kappa shape index (κ1) is 28.7. The molecular formula is C30H43N5O5. The van der Waals surface area contributed by atoms with Gasteiger partial charge in [-0.05, 0) is 51.0 Å². The zero-order valence-electron chi connectivity index (χ0n) is 23.9. The quantitative estimate of drug-likeness (QED) is 0.482. The number of rotatable bonds is 9. The summed E-state index contributed by atoms with van der Waals surface area (Å²) in [6.07, 6.45) is 6.03. The molecule has 2 aromatic rings. The number of aromatic nitrogens is 2. The van der Waals surface area contributed by atoms with Gasteiger partial charge in [0.25, 0.3) is 5.91 Å². The van der Waals surface area contributed by atoms with Crippen LogP contribution in [0.3, 0.4) is 0 Å². The van der Waals surface area contributed by atoms with Crippen LogP contribution in [-0.2, 0) is 14.2 Å². The van der Waals surface area contributed by atoms with E-state index in [-0.39, 0.29) is 36.3 Å². The molecule has 0 saturated carbocycles. The molecule has 3 fully saturated rings. The maximum absolute atomic E-state index is 13.6. The highest BCUT2D eigenvalue weighted by atomic mass is 16.5. The second-order valence-corrected chi connectivity index (χ2v) is 11.0. The summed E-state index contributed by atoms with van der Waals surface area (Å²) in [7, 11) is 3.26. The molecular weight excluding hydrogens is 510 g/mol. The van der Waals surface area contributed by atoms with Crippen LogP contribution in [0.4, 0.5) is 5.82 Å². The predicted octanol–water partition coefficient (Wildman–Crippen LogP) is 3.51. The lowest BCUT2D eigenvalue weighted by atomic mass is 9.98. The summed E-state index contributed by atoms with van der Waals surface area (Å²) in [5.74, 6) is 0.529. The molecule has 4 atom stereocenters. The van der Waals surface area contributed by atoms with E-state index in [9.17, 15) is 4.79 Å². The molecule has 1 amide bonds. The molecule has 0 aliphatic carbocycles. The number of nitrogens with one attached hydrogen (secondary N) is 2. The van der Waals surface area contributed by atoms with Crippen molar-refractivity contribution in [3.63, 3.8) is 0 Å². The van der Waals surface area contributed by atoms with Crippen LogP contribution < -0.4 is 15.4 Å². The van der Waals surface area contributed by atoms with E-state index in [1.807, 2.05) is 17.9 Å². The van der Waals surface area contributed by atoms with Crippen LogP contribution >= 0.6 is 0 Å². The van der Waals surface area contributed by atoms with Gasteiger partial charge in [-0.3, -0.25) is 4.79 Å². The topological polar surface area (TPSA) is 107 Å². The van der Waals surface area contributed by atoms with Crippen LogP contribution in [0.5, 0.6) is 6.01 Å². The molecule has 40 heavy (non-hydrogen) atoms. The van der Waals surface area contributed by atoms with Gasteiger partial charge in [-0.25, -0.2) is 0 Å². The minimum atomic E-state index is -0.0846. The Morgan fingerprint density at radius 3 is 2.62 bits per heavy atom. The Balaban J connectivity index is 1.19. The van der Waals surface area contributed by atoms with E-state index in [1.165, 1.54) is 12.7 Å². The molecule has 4 heterocycles. The fourth-order valence-corrected chi connectivity index (χ4v) is 5.98. The molecule has 0 spiro atoms. The number of carbonyl (C=O) groups excluding carboxylic acids is 1. The molecule has 3 saturated heterocycles. The van der Waals surface area contributed by atoms with Gasteiger partial charge in [0.1, 0.15) is 11.5 Å². The van der Waals surface area contributed by atoms with Gasteiger partial charge >= 0.3 is 6.01 Å². The molecule has 1 aromatic carbocycles. The average molecular weight is 554 g/mol. The minimum absolute atomic E-state index is 0.0541. The summed E-state index contributed by atoms with van der Waals surface area (Å²) in [5.41, 5.74) is 2.33.